The number of benzene rings is 2. The van der Waals surface area contributed by atoms with Gasteiger partial charge < -0.3 is 4.57 Å². The Morgan fingerprint density at radius 1 is 0.957 bits per heavy atom. The molecular formula is C20H19N3. The van der Waals surface area contributed by atoms with E-state index in [0.29, 0.717) is 0 Å². The Morgan fingerprint density at radius 3 is 2.61 bits per heavy atom. The van der Waals surface area contributed by atoms with Crippen LogP contribution in [-0.2, 0) is 6.54 Å². The van der Waals surface area contributed by atoms with Gasteiger partial charge in [0.1, 0.15) is 0 Å². The predicted molar refractivity (Wildman–Crippen MR) is 94.5 cm³/mol. The number of aryl methyl sites for hydroxylation is 2. The van der Waals surface area contributed by atoms with Gasteiger partial charge in [0, 0.05) is 23.3 Å². The van der Waals surface area contributed by atoms with Crippen molar-refractivity contribution in [2.24, 2.45) is 0 Å². The molecule has 0 unspecified atom stereocenters. The fourth-order valence-corrected chi connectivity index (χ4v) is 3.02. The van der Waals surface area contributed by atoms with Crippen LogP contribution >= 0.6 is 0 Å². The van der Waals surface area contributed by atoms with E-state index in [9.17, 15) is 0 Å². The number of nitrogens with zero attached hydrogens (tertiary/aromatic N) is 2. The predicted octanol–water partition coefficient (Wildman–Crippen LogP) is 4.70. The average molecular weight is 301 g/mol. The van der Waals surface area contributed by atoms with Gasteiger partial charge in [-0.05, 0) is 43.2 Å². The van der Waals surface area contributed by atoms with Crippen LogP contribution in [0.3, 0.4) is 0 Å². The van der Waals surface area contributed by atoms with Crippen LogP contribution in [-0.4, -0.2) is 14.8 Å². The summed E-state index contributed by atoms with van der Waals surface area (Å²) in [5.41, 5.74) is 7.43. The number of hydrogen-bond donors (Lipinski definition) is 1. The fourth-order valence-electron chi connectivity index (χ4n) is 3.02. The molecule has 0 amide bonds. The lowest BCUT2D eigenvalue weighted by molar-refractivity contribution is 0.785. The summed E-state index contributed by atoms with van der Waals surface area (Å²) in [5.74, 6) is 0. The van der Waals surface area contributed by atoms with E-state index in [1.807, 2.05) is 6.20 Å². The third-order valence-corrected chi connectivity index (χ3v) is 4.39. The van der Waals surface area contributed by atoms with E-state index in [0.717, 1.165) is 17.4 Å². The lowest BCUT2D eigenvalue weighted by Crippen LogP contribution is -2.03. The van der Waals surface area contributed by atoms with Gasteiger partial charge in [0.15, 0.2) is 0 Å². The molecule has 114 valence electrons. The SMILES string of the molecule is Cc1ccc(-c2ccc(C)n2Cc2ccc3cn[nH]c3c2)cc1. The smallest absolute Gasteiger partial charge is 0.0653 e. The van der Waals surface area contributed by atoms with Gasteiger partial charge in [-0.1, -0.05) is 42.0 Å². The van der Waals surface area contributed by atoms with Gasteiger partial charge in [0.25, 0.3) is 0 Å². The maximum atomic E-state index is 4.10. The van der Waals surface area contributed by atoms with E-state index in [1.54, 1.807) is 0 Å². The number of aromatic nitrogens is 3. The molecule has 0 saturated carbocycles. The monoisotopic (exact) mass is 301 g/mol. The molecular weight excluding hydrogens is 282 g/mol. The van der Waals surface area contributed by atoms with Crippen molar-refractivity contribution in [2.75, 3.05) is 0 Å². The van der Waals surface area contributed by atoms with Gasteiger partial charge in [0.05, 0.1) is 11.7 Å². The van der Waals surface area contributed by atoms with Crippen molar-refractivity contribution in [2.45, 2.75) is 20.4 Å². The van der Waals surface area contributed by atoms with E-state index in [2.05, 4.69) is 83.2 Å². The number of nitrogens with one attached hydrogen (secondary N) is 1. The summed E-state index contributed by atoms with van der Waals surface area (Å²) in [7, 11) is 0. The second-order valence-electron chi connectivity index (χ2n) is 6.10. The summed E-state index contributed by atoms with van der Waals surface area (Å²) in [5, 5.41) is 8.30. The topological polar surface area (TPSA) is 33.6 Å². The summed E-state index contributed by atoms with van der Waals surface area (Å²) in [6.45, 7) is 5.14. The Bertz CT molecular complexity index is 958. The van der Waals surface area contributed by atoms with Crippen molar-refractivity contribution >= 4 is 10.9 Å². The van der Waals surface area contributed by atoms with Gasteiger partial charge in [-0.2, -0.15) is 5.10 Å². The molecule has 3 heteroatoms. The van der Waals surface area contributed by atoms with Gasteiger partial charge >= 0.3 is 0 Å². The van der Waals surface area contributed by atoms with Gasteiger partial charge in [-0.15, -0.1) is 0 Å². The first kappa shape index (κ1) is 13.8. The molecule has 23 heavy (non-hydrogen) atoms. The number of aromatic amines is 1. The minimum atomic E-state index is 0.858. The molecule has 2 heterocycles. The number of fused-ring (bicyclic) bond motifs is 1. The van der Waals surface area contributed by atoms with Crippen molar-refractivity contribution in [3.63, 3.8) is 0 Å². The van der Waals surface area contributed by atoms with Crippen molar-refractivity contribution in [3.8, 4) is 11.3 Å². The van der Waals surface area contributed by atoms with Crippen molar-refractivity contribution in [1.29, 1.82) is 0 Å². The molecule has 0 spiro atoms. The normalized spacial score (nSPS) is 11.2. The maximum absolute atomic E-state index is 4.10. The summed E-state index contributed by atoms with van der Waals surface area (Å²) in [6, 6.07) is 19.6. The van der Waals surface area contributed by atoms with E-state index < -0.39 is 0 Å². The zero-order chi connectivity index (χ0) is 15.8. The first-order valence-corrected chi connectivity index (χ1v) is 7.86. The number of H-pyrrole nitrogens is 1. The van der Waals surface area contributed by atoms with Crippen LogP contribution in [0.1, 0.15) is 16.8 Å². The molecule has 2 aromatic heterocycles. The Kier molecular flexibility index (Phi) is 3.27. The minimum Gasteiger partial charge on any atom is -0.340 e. The highest BCUT2D eigenvalue weighted by Gasteiger charge is 2.08. The van der Waals surface area contributed by atoms with Crippen molar-refractivity contribution < 1.29 is 0 Å². The van der Waals surface area contributed by atoms with Crippen molar-refractivity contribution in [3.05, 3.63) is 77.6 Å². The summed E-state index contributed by atoms with van der Waals surface area (Å²) >= 11 is 0. The molecule has 0 radical (unpaired) electrons. The highest BCUT2D eigenvalue weighted by Crippen LogP contribution is 2.24. The van der Waals surface area contributed by atoms with Gasteiger partial charge in [0.2, 0.25) is 0 Å². The van der Waals surface area contributed by atoms with Gasteiger partial charge in [-0.3, -0.25) is 5.10 Å². The molecule has 0 aliphatic rings. The lowest BCUT2D eigenvalue weighted by atomic mass is 10.1. The molecule has 4 rings (SSSR count). The van der Waals surface area contributed by atoms with Crippen LogP contribution in [0.4, 0.5) is 0 Å². The van der Waals surface area contributed by atoms with Gasteiger partial charge in [-0.25, -0.2) is 0 Å². The van der Waals surface area contributed by atoms with Crippen LogP contribution in [0.2, 0.25) is 0 Å². The van der Waals surface area contributed by atoms with Crippen LogP contribution in [0.15, 0.2) is 60.8 Å². The molecule has 4 aromatic rings. The standard InChI is InChI=1S/C20H19N3/c1-14-3-7-17(8-4-14)20-10-5-15(2)23(20)13-16-6-9-18-12-21-22-19(18)11-16/h3-12H,13H2,1-2H3,(H,21,22). The average Bonchev–Trinajstić information content (AvgIpc) is 3.16. The first-order chi connectivity index (χ1) is 11.2. The van der Waals surface area contributed by atoms with E-state index in [-0.39, 0.29) is 0 Å². The fraction of sp³-hybridized carbons (Fsp3) is 0.150. The zero-order valence-corrected chi connectivity index (χ0v) is 13.4. The van der Waals surface area contributed by atoms with Crippen LogP contribution in [0.5, 0.6) is 0 Å². The quantitative estimate of drug-likeness (QED) is 0.585. The summed E-state index contributed by atoms with van der Waals surface area (Å²) < 4.78 is 2.36. The van der Waals surface area contributed by atoms with Crippen LogP contribution in [0.25, 0.3) is 22.2 Å². The summed E-state index contributed by atoms with van der Waals surface area (Å²) in [4.78, 5) is 0. The molecule has 0 fully saturated rings. The van der Waals surface area contributed by atoms with E-state index in [4.69, 9.17) is 0 Å². The molecule has 2 aromatic carbocycles. The highest BCUT2D eigenvalue weighted by atomic mass is 15.1. The summed E-state index contributed by atoms with van der Waals surface area (Å²) in [6.07, 6.45) is 1.86. The van der Waals surface area contributed by atoms with E-state index in [1.165, 1.54) is 28.1 Å². The number of rotatable bonds is 3. The Balaban J connectivity index is 1.73. The Hall–Kier alpha value is -2.81. The molecule has 0 atom stereocenters. The third kappa shape index (κ3) is 2.55. The zero-order valence-electron chi connectivity index (χ0n) is 13.4. The Morgan fingerprint density at radius 2 is 1.78 bits per heavy atom. The Labute approximate surface area is 135 Å². The minimum absolute atomic E-state index is 0.858. The maximum Gasteiger partial charge on any atom is 0.0653 e. The first-order valence-electron chi connectivity index (χ1n) is 7.86. The largest absolute Gasteiger partial charge is 0.340 e. The van der Waals surface area contributed by atoms with Crippen LogP contribution in [0, 0.1) is 13.8 Å². The molecule has 0 bridgehead atoms. The molecule has 0 aliphatic carbocycles. The number of hydrogen-bond acceptors (Lipinski definition) is 1. The van der Waals surface area contributed by atoms with E-state index >= 15 is 0 Å². The molecule has 1 N–H and O–H groups in total. The highest BCUT2D eigenvalue weighted by molar-refractivity contribution is 5.78. The van der Waals surface area contributed by atoms with Crippen LogP contribution < -0.4 is 0 Å². The third-order valence-electron chi connectivity index (χ3n) is 4.39. The second-order valence-corrected chi connectivity index (χ2v) is 6.10. The second kappa shape index (κ2) is 5.43. The lowest BCUT2D eigenvalue weighted by Gasteiger charge is -2.12. The molecule has 0 saturated heterocycles. The molecule has 0 aliphatic heterocycles. The molecule has 3 nitrogen and oxygen atoms in total. The van der Waals surface area contributed by atoms with Crippen molar-refractivity contribution in [1.82, 2.24) is 14.8 Å².